The lowest BCUT2D eigenvalue weighted by Gasteiger charge is -2.30. The molecular formula is C12H22O. The van der Waals surface area contributed by atoms with Crippen LogP contribution in [0.4, 0.5) is 0 Å². The highest BCUT2D eigenvalue weighted by Gasteiger charge is 2.29. The Labute approximate surface area is 82.2 Å². The van der Waals surface area contributed by atoms with Gasteiger partial charge < -0.3 is 0 Å². The molecular weight excluding hydrogens is 160 g/mol. The second-order valence-electron chi connectivity index (χ2n) is 4.36. The number of hydrogen-bond donors (Lipinski definition) is 0. The molecule has 1 nitrogen and oxygen atoms in total. The number of carbonyl (C=O) groups is 1. The lowest BCUT2D eigenvalue weighted by molar-refractivity contribution is -0.125. The summed E-state index contributed by atoms with van der Waals surface area (Å²) in [6.07, 6.45) is 4.61. The van der Waals surface area contributed by atoms with E-state index in [1.165, 1.54) is 0 Å². The SMILES string of the molecule is C=CCCC(C)(C)C(C)C(=O)CC. The van der Waals surface area contributed by atoms with Crippen LogP contribution >= 0.6 is 0 Å². The van der Waals surface area contributed by atoms with Gasteiger partial charge in [0.1, 0.15) is 5.78 Å². The number of rotatable bonds is 6. The van der Waals surface area contributed by atoms with E-state index in [0.29, 0.717) is 12.2 Å². The fourth-order valence-electron chi connectivity index (χ4n) is 1.43. The van der Waals surface area contributed by atoms with E-state index in [0.717, 1.165) is 12.8 Å². The van der Waals surface area contributed by atoms with Crippen LogP contribution < -0.4 is 0 Å². The quantitative estimate of drug-likeness (QED) is 0.574. The maximum atomic E-state index is 11.5. The molecule has 0 aliphatic rings. The van der Waals surface area contributed by atoms with Crippen LogP contribution in [0.1, 0.15) is 47.0 Å². The van der Waals surface area contributed by atoms with Gasteiger partial charge in [-0.2, -0.15) is 0 Å². The number of hydrogen-bond acceptors (Lipinski definition) is 1. The van der Waals surface area contributed by atoms with Crippen LogP contribution in [0.25, 0.3) is 0 Å². The van der Waals surface area contributed by atoms with Crippen molar-refractivity contribution in [2.75, 3.05) is 0 Å². The van der Waals surface area contributed by atoms with Gasteiger partial charge in [0.2, 0.25) is 0 Å². The highest BCUT2D eigenvalue weighted by Crippen LogP contribution is 2.33. The predicted molar refractivity (Wildman–Crippen MR) is 57.7 cm³/mol. The molecule has 0 aliphatic heterocycles. The second-order valence-corrected chi connectivity index (χ2v) is 4.36. The molecule has 0 aromatic rings. The van der Waals surface area contributed by atoms with Crippen molar-refractivity contribution in [3.05, 3.63) is 12.7 Å². The van der Waals surface area contributed by atoms with Crippen molar-refractivity contribution in [2.24, 2.45) is 11.3 Å². The maximum Gasteiger partial charge on any atom is 0.135 e. The van der Waals surface area contributed by atoms with Gasteiger partial charge in [-0.05, 0) is 18.3 Å². The molecule has 0 bridgehead atoms. The first-order valence-electron chi connectivity index (χ1n) is 5.09. The number of Topliss-reactive ketones (excluding diaryl/α,β-unsaturated/α-hetero) is 1. The summed E-state index contributed by atoms with van der Waals surface area (Å²) in [7, 11) is 0. The Kier molecular flexibility index (Phi) is 4.97. The van der Waals surface area contributed by atoms with Crippen molar-refractivity contribution in [3.63, 3.8) is 0 Å². The third-order valence-corrected chi connectivity index (χ3v) is 3.00. The molecule has 0 spiro atoms. The first kappa shape index (κ1) is 12.4. The Hall–Kier alpha value is -0.590. The first-order valence-corrected chi connectivity index (χ1v) is 5.09. The first-order chi connectivity index (χ1) is 5.95. The number of carbonyl (C=O) groups excluding carboxylic acids is 1. The minimum absolute atomic E-state index is 0.112. The van der Waals surface area contributed by atoms with Crippen LogP contribution in [0.15, 0.2) is 12.7 Å². The summed E-state index contributed by atoms with van der Waals surface area (Å²) in [5.74, 6) is 0.534. The van der Waals surface area contributed by atoms with E-state index in [4.69, 9.17) is 0 Å². The molecule has 1 unspecified atom stereocenters. The highest BCUT2D eigenvalue weighted by atomic mass is 16.1. The summed E-state index contributed by atoms with van der Waals surface area (Å²) in [6.45, 7) is 12.0. The predicted octanol–water partition coefficient (Wildman–Crippen LogP) is 3.59. The molecule has 0 fully saturated rings. The van der Waals surface area contributed by atoms with Gasteiger partial charge in [-0.25, -0.2) is 0 Å². The summed E-state index contributed by atoms with van der Waals surface area (Å²) < 4.78 is 0. The summed E-state index contributed by atoms with van der Waals surface area (Å²) in [5, 5.41) is 0. The van der Waals surface area contributed by atoms with Gasteiger partial charge in [-0.15, -0.1) is 6.58 Å². The molecule has 0 saturated carbocycles. The third kappa shape index (κ3) is 3.75. The Balaban J connectivity index is 4.25. The third-order valence-electron chi connectivity index (χ3n) is 3.00. The van der Waals surface area contributed by atoms with Crippen molar-refractivity contribution in [1.82, 2.24) is 0 Å². The molecule has 0 saturated heterocycles. The van der Waals surface area contributed by atoms with Gasteiger partial charge in [0, 0.05) is 12.3 Å². The van der Waals surface area contributed by atoms with Gasteiger partial charge in [-0.1, -0.05) is 33.8 Å². The van der Waals surface area contributed by atoms with Crippen LogP contribution in [0, 0.1) is 11.3 Å². The van der Waals surface area contributed by atoms with Crippen molar-refractivity contribution in [3.8, 4) is 0 Å². The minimum atomic E-state index is 0.112. The number of allylic oxidation sites excluding steroid dienone is 1. The Morgan fingerprint density at radius 1 is 1.54 bits per heavy atom. The average Bonchev–Trinajstić information content (AvgIpc) is 2.12. The molecule has 0 aromatic carbocycles. The van der Waals surface area contributed by atoms with Gasteiger partial charge in [0.25, 0.3) is 0 Å². The zero-order valence-electron chi connectivity index (χ0n) is 9.39. The fourth-order valence-corrected chi connectivity index (χ4v) is 1.43. The fraction of sp³-hybridized carbons (Fsp3) is 0.750. The number of ketones is 1. The molecule has 0 heterocycles. The summed E-state index contributed by atoms with van der Waals surface area (Å²) in [5.41, 5.74) is 0.112. The second kappa shape index (κ2) is 5.21. The molecule has 0 aromatic heterocycles. The van der Waals surface area contributed by atoms with Crippen LogP contribution in [-0.4, -0.2) is 5.78 Å². The largest absolute Gasteiger partial charge is 0.299 e. The maximum absolute atomic E-state index is 11.5. The van der Waals surface area contributed by atoms with Gasteiger partial charge in [0.05, 0.1) is 0 Å². The van der Waals surface area contributed by atoms with E-state index in [9.17, 15) is 4.79 Å². The summed E-state index contributed by atoms with van der Waals surface area (Å²) >= 11 is 0. The molecule has 0 N–H and O–H groups in total. The molecule has 0 aliphatic carbocycles. The smallest absolute Gasteiger partial charge is 0.135 e. The van der Waals surface area contributed by atoms with E-state index in [1.807, 2.05) is 19.9 Å². The Morgan fingerprint density at radius 3 is 2.46 bits per heavy atom. The van der Waals surface area contributed by atoms with Gasteiger partial charge in [0.15, 0.2) is 0 Å². The molecule has 0 radical (unpaired) electrons. The average molecular weight is 182 g/mol. The molecule has 0 amide bonds. The van der Waals surface area contributed by atoms with Crippen LogP contribution in [0.5, 0.6) is 0 Å². The normalized spacial score (nSPS) is 13.8. The minimum Gasteiger partial charge on any atom is -0.299 e. The van der Waals surface area contributed by atoms with E-state index in [2.05, 4.69) is 20.4 Å². The summed E-state index contributed by atoms with van der Waals surface area (Å²) in [6, 6.07) is 0. The lowest BCUT2D eigenvalue weighted by atomic mass is 9.74. The summed E-state index contributed by atoms with van der Waals surface area (Å²) in [4.78, 5) is 11.5. The highest BCUT2D eigenvalue weighted by molar-refractivity contribution is 5.81. The molecule has 13 heavy (non-hydrogen) atoms. The zero-order chi connectivity index (χ0) is 10.5. The zero-order valence-corrected chi connectivity index (χ0v) is 9.39. The van der Waals surface area contributed by atoms with E-state index in [-0.39, 0.29) is 11.3 Å². The van der Waals surface area contributed by atoms with Crippen molar-refractivity contribution in [1.29, 1.82) is 0 Å². The van der Waals surface area contributed by atoms with Crippen LogP contribution in [0.3, 0.4) is 0 Å². The molecule has 0 rings (SSSR count). The van der Waals surface area contributed by atoms with E-state index in [1.54, 1.807) is 0 Å². The van der Waals surface area contributed by atoms with Gasteiger partial charge in [-0.3, -0.25) is 4.79 Å². The topological polar surface area (TPSA) is 17.1 Å². The monoisotopic (exact) mass is 182 g/mol. The molecule has 76 valence electrons. The van der Waals surface area contributed by atoms with Crippen LogP contribution in [-0.2, 0) is 4.79 Å². The van der Waals surface area contributed by atoms with Crippen molar-refractivity contribution < 1.29 is 4.79 Å². The lowest BCUT2D eigenvalue weighted by Crippen LogP contribution is -2.28. The van der Waals surface area contributed by atoms with Crippen LogP contribution in [0.2, 0.25) is 0 Å². The van der Waals surface area contributed by atoms with E-state index >= 15 is 0 Å². The van der Waals surface area contributed by atoms with Crippen molar-refractivity contribution >= 4 is 5.78 Å². The van der Waals surface area contributed by atoms with Gasteiger partial charge >= 0.3 is 0 Å². The van der Waals surface area contributed by atoms with Crippen molar-refractivity contribution in [2.45, 2.75) is 47.0 Å². The standard InChI is InChI=1S/C12H22O/c1-6-8-9-12(4,5)10(3)11(13)7-2/h6,10H,1,7-9H2,2-5H3. The van der Waals surface area contributed by atoms with E-state index < -0.39 is 0 Å². The Morgan fingerprint density at radius 2 is 2.08 bits per heavy atom. The Bertz CT molecular complexity index is 180. The molecule has 1 atom stereocenters. The molecule has 1 heteroatoms.